The smallest absolute Gasteiger partial charge is 0.238 e. The molecule has 0 saturated heterocycles. The first-order valence-electron chi connectivity index (χ1n) is 9.44. The number of nitrogens with zero attached hydrogens (tertiary/aromatic N) is 2. The molecule has 33 heavy (non-hydrogen) atoms. The highest BCUT2D eigenvalue weighted by Crippen LogP contribution is 2.29. The van der Waals surface area contributed by atoms with Gasteiger partial charge in [-0.2, -0.15) is 10.5 Å². The molecule has 0 heterocycles. The van der Waals surface area contributed by atoms with E-state index in [1.807, 2.05) is 19.1 Å². The number of primary sulfonamides is 1. The van der Waals surface area contributed by atoms with Crippen LogP contribution in [-0.2, 0) is 21.2 Å². The Labute approximate surface area is 195 Å². The number of carbonyl (C=O) groups excluding carboxylic acids is 1. The van der Waals surface area contributed by atoms with Crippen LogP contribution in [0, 0.1) is 29.6 Å². The molecule has 0 aliphatic heterocycles. The Balaban J connectivity index is 1.77. The summed E-state index contributed by atoms with van der Waals surface area (Å²) in [5.74, 6) is 0.417. The van der Waals surface area contributed by atoms with Crippen molar-refractivity contribution < 1.29 is 17.9 Å². The molecule has 0 bridgehead atoms. The van der Waals surface area contributed by atoms with Crippen molar-refractivity contribution >= 4 is 33.2 Å². The lowest BCUT2D eigenvalue weighted by Gasteiger charge is -2.12. The summed E-state index contributed by atoms with van der Waals surface area (Å²) in [6.45, 7) is 1.82. The van der Waals surface area contributed by atoms with Gasteiger partial charge in [0.25, 0.3) is 0 Å². The van der Waals surface area contributed by atoms with E-state index in [0.717, 1.165) is 11.6 Å². The van der Waals surface area contributed by atoms with Gasteiger partial charge in [0.1, 0.15) is 11.5 Å². The minimum Gasteiger partial charge on any atom is -0.457 e. The normalized spacial score (nSPS) is 10.7. The zero-order chi connectivity index (χ0) is 24.2. The Morgan fingerprint density at radius 3 is 2.30 bits per heavy atom. The predicted octanol–water partition coefficient (Wildman–Crippen LogP) is 4.01. The van der Waals surface area contributed by atoms with Gasteiger partial charge in [0.2, 0.25) is 15.9 Å². The molecule has 0 unspecified atom stereocenters. The molecule has 0 radical (unpaired) electrons. The number of anilines is 1. The van der Waals surface area contributed by atoms with E-state index < -0.39 is 10.0 Å². The maximum absolute atomic E-state index is 12.5. The van der Waals surface area contributed by atoms with E-state index in [9.17, 15) is 13.2 Å². The first-order valence-corrected chi connectivity index (χ1v) is 11.4. The van der Waals surface area contributed by atoms with Gasteiger partial charge < -0.3 is 10.1 Å². The molecule has 3 rings (SSSR count). The quantitative estimate of drug-likeness (QED) is 0.544. The number of amides is 1. The van der Waals surface area contributed by atoms with Crippen LogP contribution in [0.25, 0.3) is 0 Å². The van der Waals surface area contributed by atoms with Crippen molar-refractivity contribution in [2.75, 3.05) is 5.32 Å². The third-order valence-corrected chi connectivity index (χ3v) is 5.78. The van der Waals surface area contributed by atoms with Gasteiger partial charge in [-0.05, 0) is 60.5 Å². The van der Waals surface area contributed by atoms with Gasteiger partial charge in [-0.15, -0.1) is 0 Å². The number of hydrogen-bond donors (Lipinski definition) is 2. The molecule has 3 aromatic carbocycles. The molecule has 0 aliphatic rings. The van der Waals surface area contributed by atoms with Crippen LogP contribution in [0.4, 0.5) is 5.69 Å². The molecule has 1 amide bonds. The Bertz CT molecular complexity index is 1410. The summed E-state index contributed by atoms with van der Waals surface area (Å²) < 4.78 is 28.7. The van der Waals surface area contributed by atoms with Crippen molar-refractivity contribution in [1.29, 1.82) is 10.5 Å². The van der Waals surface area contributed by atoms with Crippen LogP contribution in [0.15, 0.2) is 59.5 Å². The second kappa shape index (κ2) is 9.72. The van der Waals surface area contributed by atoms with E-state index in [-0.39, 0.29) is 27.9 Å². The lowest BCUT2D eigenvalue weighted by atomic mass is 10.1. The molecule has 10 heteroatoms. The largest absolute Gasteiger partial charge is 0.457 e. The predicted molar refractivity (Wildman–Crippen MR) is 122 cm³/mol. The van der Waals surface area contributed by atoms with Crippen LogP contribution in [0.3, 0.4) is 0 Å². The van der Waals surface area contributed by atoms with Gasteiger partial charge in [-0.1, -0.05) is 23.7 Å². The van der Waals surface area contributed by atoms with Gasteiger partial charge in [0, 0.05) is 0 Å². The van der Waals surface area contributed by atoms with Crippen molar-refractivity contribution in [2.45, 2.75) is 18.2 Å². The highest BCUT2D eigenvalue weighted by atomic mass is 35.5. The number of benzene rings is 3. The van der Waals surface area contributed by atoms with Crippen LogP contribution in [0.1, 0.15) is 22.3 Å². The molecule has 0 fully saturated rings. The summed E-state index contributed by atoms with van der Waals surface area (Å²) in [5, 5.41) is 26.0. The van der Waals surface area contributed by atoms with E-state index in [1.54, 1.807) is 18.2 Å². The Kier molecular flexibility index (Phi) is 7.00. The average molecular weight is 481 g/mol. The van der Waals surface area contributed by atoms with Crippen LogP contribution in [0.2, 0.25) is 5.02 Å². The van der Waals surface area contributed by atoms with Crippen molar-refractivity contribution in [2.24, 2.45) is 5.14 Å². The molecular formula is C23H17ClN4O4S. The van der Waals surface area contributed by atoms with Crippen molar-refractivity contribution in [1.82, 2.24) is 0 Å². The zero-order valence-electron chi connectivity index (χ0n) is 17.3. The first kappa shape index (κ1) is 23.8. The van der Waals surface area contributed by atoms with Crippen LogP contribution < -0.4 is 15.2 Å². The van der Waals surface area contributed by atoms with E-state index in [2.05, 4.69) is 5.32 Å². The van der Waals surface area contributed by atoms with E-state index in [4.69, 9.17) is 32.0 Å². The number of carbonyl (C=O) groups is 1. The minimum absolute atomic E-state index is 0.00834. The highest BCUT2D eigenvalue weighted by Gasteiger charge is 2.13. The van der Waals surface area contributed by atoms with Gasteiger partial charge in [0.05, 0.1) is 45.3 Å². The molecule has 8 nitrogen and oxygen atoms in total. The SMILES string of the molecule is Cc1ccc(CC(=O)Nc2ccc(S(N)(=O)=O)cc2Cl)cc1Oc1cc(C#N)cc(C#N)c1. The molecule has 0 aliphatic carbocycles. The highest BCUT2D eigenvalue weighted by molar-refractivity contribution is 7.89. The summed E-state index contributed by atoms with van der Waals surface area (Å²) in [5.41, 5.74) is 2.27. The summed E-state index contributed by atoms with van der Waals surface area (Å²) in [7, 11) is -3.91. The third-order valence-electron chi connectivity index (χ3n) is 4.55. The Hall–Kier alpha value is -3.89. The fourth-order valence-electron chi connectivity index (χ4n) is 2.93. The molecule has 3 N–H and O–H groups in total. The Morgan fingerprint density at radius 2 is 1.73 bits per heavy atom. The second-order valence-electron chi connectivity index (χ2n) is 7.08. The molecular weight excluding hydrogens is 464 g/mol. The lowest BCUT2D eigenvalue weighted by Crippen LogP contribution is -2.16. The molecule has 0 aromatic heterocycles. The number of ether oxygens (including phenoxy) is 1. The maximum atomic E-state index is 12.5. The second-order valence-corrected chi connectivity index (χ2v) is 9.05. The maximum Gasteiger partial charge on any atom is 0.238 e. The average Bonchev–Trinajstić information content (AvgIpc) is 2.76. The third kappa shape index (κ3) is 6.09. The van der Waals surface area contributed by atoms with Crippen molar-refractivity contribution in [3.8, 4) is 23.6 Å². The summed E-state index contributed by atoms with van der Waals surface area (Å²) in [4.78, 5) is 12.4. The number of sulfonamides is 1. The topological polar surface area (TPSA) is 146 Å². The van der Waals surface area contributed by atoms with Crippen LogP contribution in [0.5, 0.6) is 11.5 Å². The number of nitrogens with two attached hydrogens (primary N) is 1. The van der Waals surface area contributed by atoms with Gasteiger partial charge in [0.15, 0.2) is 0 Å². The monoisotopic (exact) mass is 480 g/mol. The van der Waals surface area contributed by atoms with Crippen molar-refractivity contribution in [3.05, 3.63) is 81.9 Å². The molecule has 166 valence electrons. The number of rotatable bonds is 6. The summed E-state index contributed by atoms with van der Waals surface area (Å²) >= 11 is 6.07. The van der Waals surface area contributed by atoms with E-state index in [1.165, 1.54) is 30.3 Å². The van der Waals surface area contributed by atoms with Crippen LogP contribution >= 0.6 is 11.6 Å². The fourth-order valence-corrected chi connectivity index (χ4v) is 3.76. The molecule has 0 atom stereocenters. The lowest BCUT2D eigenvalue weighted by molar-refractivity contribution is -0.115. The van der Waals surface area contributed by atoms with Gasteiger partial charge in [-0.25, -0.2) is 13.6 Å². The molecule has 3 aromatic rings. The Morgan fingerprint density at radius 1 is 1.06 bits per heavy atom. The van der Waals surface area contributed by atoms with Gasteiger partial charge in [-0.3, -0.25) is 4.79 Å². The van der Waals surface area contributed by atoms with E-state index in [0.29, 0.717) is 28.2 Å². The van der Waals surface area contributed by atoms with E-state index >= 15 is 0 Å². The number of aryl methyl sites for hydroxylation is 1. The number of hydrogen-bond acceptors (Lipinski definition) is 6. The standard InChI is InChI=1S/C23H17ClN4O4S/c1-14-2-3-15(9-22(14)32-18-7-16(12-25)6-17(8-18)13-26)10-23(29)28-21-5-4-19(11-20(21)24)33(27,30)31/h2-9,11H,10H2,1H3,(H,28,29)(H2,27,30,31). The molecule has 0 saturated carbocycles. The first-order chi connectivity index (χ1) is 15.6. The van der Waals surface area contributed by atoms with Crippen LogP contribution in [-0.4, -0.2) is 14.3 Å². The zero-order valence-corrected chi connectivity index (χ0v) is 18.9. The van der Waals surface area contributed by atoms with Crippen molar-refractivity contribution in [3.63, 3.8) is 0 Å². The number of nitriles is 2. The fraction of sp³-hybridized carbons (Fsp3) is 0.0870. The minimum atomic E-state index is -3.91. The number of halogens is 1. The molecule has 0 spiro atoms. The number of nitrogens with one attached hydrogen (secondary N) is 1. The summed E-state index contributed by atoms with van der Waals surface area (Å²) in [6.07, 6.45) is -0.00834. The summed E-state index contributed by atoms with van der Waals surface area (Å²) in [6, 6.07) is 17.5. The van der Waals surface area contributed by atoms with Gasteiger partial charge >= 0.3 is 0 Å².